The smallest absolute Gasteiger partial charge is 0.354 e. The summed E-state index contributed by atoms with van der Waals surface area (Å²) in [6, 6.07) is 3.89. The van der Waals surface area contributed by atoms with Crippen LogP contribution in [0.2, 0.25) is 0 Å². The standard InChI is InChI=1S/C17H18F3N3OS/c1-22(15-14(17(18,19)20)5-2-7-21-15)13-4-3-8-23(10-13)16(24)12-6-9-25-11-12/h2,5-7,9,11,13H,3-4,8,10H2,1H3. The van der Waals surface area contributed by atoms with Gasteiger partial charge in [0.2, 0.25) is 0 Å². The molecular formula is C17H18F3N3OS. The van der Waals surface area contributed by atoms with Gasteiger partial charge < -0.3 is 9.80 Å². The predicted octanol–water partition coefficient (Wildman–Crippen LogP) is 3.90. The van der Waals surface area contributed by atoms with E-state index in [-0.39, 0.29) is 17.8 Å². The number of thiophene rings is 1. The predicted molar refractivity (Wildman–Crippen MR) is 90.9 cm³/mol. The summed E-state index contributed by atoms with van der Waals surface area (Å²) in [4.78, 5) is 19.7. The van der Waals surface area contributed by atoms with Crippen molar-refractivity contribution in [3.8, 4) is 0 Å². The highest BCUT2D eigenvalue weighted by atomic mass is 32.1. The lowest BCUT2D eigenvalue weighted by atomic mass is 10.0. The van der Waals surface area contributed by atoms with Gasteiger partial charge in [-0.05, 0) is 36.4 Å². The van der Waals surface area contributed by atoms with Crippen LogP contribution < -0.4 is 4.90 Å². The van der Waals surface area contributed by atoms with E-state index in [1.54, 1.807) is 28.3 Å². The molecule has 2 aromatic rings. The maximum absolute atomic E-state index is 13.2. The van der Waals surface area contributed by atoms with E-state index in [0.717, 1.165) is 18.9 Å². The molecule has 1 amide bonds. The van der Waals surface area contributed by atoms with Crippen molar-refractivity contribution < 1.29 is 18.0 Å². The van der Waals surface area contributed by atoms with Gasteiger partial charge in [-0.3, -0.25) is 4.79 Å². The molecule has 0 radical (unpaired) electrons. The van der Waals surface area contributed by atoms with Crippen LogP contribution in [0.4, 0.5) is 19.0 Å². The van der Waals surface area contributed by atoms with Crippen molar-refractivity contribution in [2.45, 2.75) is 25.1 Å². The summed E-state index contributed by atoms with van der Waals surface area (Å²) in [5, 5.41) is 3.63. The Morgan fingerprint density at radius 3 is 2.88 bits per heavy atom. The average Bonchev–Trinajstić information content (AvgIpc) is 3.14. The van der Waals surface area contributed by atoms with Gasteiger partial charge in [0, 0.05) is 37.8 Å². The topological polar surface area (TPSA) is 36.4 Å². The fourth-order valence-corrected chi connectivity index (χ4v) is 3.73. The maximum atomic E-state index is 13.2. The number of hydrogen-bond acceptors (Lipinski definition) is 4. The third kappa shape index (κ3) is 3.78. The van der Waals surface area contributed by atoms with Crippen LogP contribution in [0.15, 0.2) is 35.2 Å². The van der Waals surface area contributed by atoms with Crippen LogP contribution in [0.5, 0.6) is 0 Å². The van der Waals surface area contributed by atoms with Crippen molar-refractivity contribution in [2.24, 2.45) is 0 Å². The maximum Gasteiger partial charge on any atom is 0.419 e. The van der Waals surface area contributed by atoms with Crippen molar-refractivity contribution in [2.75, 3.05) is 25.0 Å². The van der Waals surface area contributed by atoms with Crippen LogP contribution in [0, 0.1) is 0 Å². The molecule has 0 aliphatic carbocycles. The molecule has 1 aliphatic rings. The van der Waals surface area contributed by atoms with Crippen LogP contribution in [0.25, 0.3) is 0 Å². The normalized spacial score (nSPS) is 18.2. The highest BCUT2D eigenvalue weighted by Gasteiger charge is 2.37. The van der Waals surface area contributed by atoms with Crippen LogP contribution in [0.3, 0.4) is 0 Å². The zero-order chi connectivity index (χ0) is 18.0. The van der Waals surface area contributed by atoms with Gasteiger partial charge in [0.1, 0.15) is 5.82 Å². The quantitative estimate of drug-likeness (QED) is 0.823. The molecule has 1 saturated heterocycles. The van der Waals surface area contributed by atoms with Gasteiger partial charge in [-0.25, -0.2) is 4.98 Å². The molecule has 2 aromatic heterocycles. The summed E-state index contributed by atoms with van der Waals surface area (Å²) < 4.78 is 39.7. The van der Waals surface area contributed by atoms with E-state index < -0.39 is 11.7 Å². The first-order valence-corrected chi connectivity index (χ1v) is 8.88. The molecule has 3 heterocycles. The summed E-state index contributed by atoms with van der Waals surface area (Å²) in [5.41, 5.74) is -0.124. The van der Waals surface area contributed by atoms with Gasteiger partial charge in [0.05, 0.1) is 11.1 Å². The lowest BCUT2D eigenvalue weighted by Crippen LogP contribution is -2.49. The molecule has 4 nitrogen and oxygen atoms in total. The molecule has 1 atom stereocenters. The summed E-state index contributed by atoms with van der Waals surface area (Å²) >= 11 is 1.45. The summed E-state index contributed by atoms with van der Waals surface area (Å²) in [7, 11) is 1.61. The van der Waals surface area contributed by atoms with Crippen LogP contribution in [-0.4, -0.2) is 42.0 Å². The number of nitrogens with zero attached hydrogens (tertiary/aromatic N) is 3. The molecule has 0 aromatic carbocycles. The number of likely N-dealkylation sites (tertiary alicyclic amines) is 1. The lowest BCUT2D eigenvalue weighted by molar-refractivity contribution is -0.137. The first kappa shape index (κ1) is 17.7. The summed E-state index contributed by atoms with van der Waals surface area (Å²) in [5.74, 6) is -0.166. The molecule has 1 unspecified atom stereocenters. The highest BCUT2D eigenvalue weighted by molar-refractivity contribution is 7.08. The molecule has 1 aliphatic heterocycles. The minimum atomic E-state index is -4.46. The Kier molecular flexibility index (Phi) is 4.99. The third-order valence-corrected chi connectivity index (χ3v) is 5.11. The Hall–Kier alpha value is -2.09. The minimum absolute atomic E-state index is 0.0728. The number of alkyl halides is 3. The lowest BCUT2D eigenvalue weighted by Gasteiger charge is -2.38. The molecule has 0 N–H and O–H groups in total. The number of amides is 1. The molecule has 0 spiro atoms. The number of hydrogen-bond donors (Lipinski definition) is 0. The van der Waals surface area contributed by atoms with Crippen LogP contribution in [-0.2, 0) is 6.18 Å². The monoisotopic (exact) mass is 369 g/mol. The van der Waals surface area contributed by atoms with Crippen molar-refractivity contribution in [3.05, 3.63) is 46.3 Å². The Bertz CT molecular complexity index is 733. The first-order valence-electron chi connectivity index (χ1n) is 7.94. The number of aromatic nitrogens is 1. The van der Waals surface area contributed by atoms with E-state index in [1.807, 2.05) is 5.38 Å². The van der Waals surface area contributed by atoms with E-state index in [0.29, 0.717) is 18.7 Å². The number of carbonyl (C=O) groups excluding carboxylic acids is 1. The fraction of sp³-hybridized carbons (Fsp3) is 0.412. The van der Waals surface area contributed by atoms with E-state index in [4.69, 9.17) is 0 Å². The van der Waals surface area contributed by atoms with Gasteiger partial charge in [0.25, 0.3) is 5.91 Å². The zero-order valence-electron chi connectivity index (χ0n) is 13.7. The van der Waals surface area contributed by atoms with Gasteiger partial charge in [-0.2, -0.15) is 24.5 Å². The van der Waals surface area contributed by atoms with Crippen molar-refractivity contribution in [1.29, 1.82) is 0 Å². The van der Waals surface area contributed by atoms with Gasteiger partial charge in [0.15, 0.2) is 0 Å². The average molecular weight is 369 g/mol. The van der Waals surface area contributed by atoms with Crippen LogP contribution in [0.1, 0.15) is 28.8 Å². The molecule has 1 fully saturated rings. The molecule has 25 heavy (non-hydrogen) atoms. The second-order valence-corrected chi connectivity index (χ2v) is 6.82. The molecule has 8 heteroatoms. The number of halogens is 3. The fourth-order valence-electron chi connectivity index (χ4n) is 3.10. The van der Waals surface area contributed by atoms with E-state index >= 15 is 0 Å². The Labute approximate surface area is 147 Å². The van der Waals surface area contributed by atoms with Gasteiger partial charge in [-0.15, -0.1) is 0 Å². The van der Waals surface area contributed by atoms with Crippen LogP contribution >= 0.6 is 11.3 Å². The number of anilines is 1. The Morgan fingerprint density at radius 2 is 2.20 bits per heavy atom. The number of piperidine rings is 1. The van der Waals surface area contributed by atoms with E-state index in [1.165, 1.54) is 23.6 Å². The van der Waals surface area contributed by atoms with Gasteiger partial charge >= 0.3 is 6.18 Å². The molecule has 0 saturated carbocycles. The molecule has 134 valence electrons. The SMILES string of the molecule is CN(c1ncccc1C(F)(F)F)C1CCCN(C(=O)c2ccsc2)C1. The molecular weight excluding hydrogens is 351 g/mol. The minimum Gasteiger partial charge on any atom is -0.354 e. The number of pyridine rings is 1. The highest BCUT2D eigenvalue weighted by Crippen LogP contribution is 2.36. The summed E-state index contributed by atoms with van der Waals surface area (Å²) in [6.45, 7) is 1.01. The first-order chi connectivity index (χ1) is 11.9. The number of likely N-dealkylation sites (N-methyl/N-ethyl adjacent to an activating group) is 1. The van der Waals surface area contributed by atoms with Crippen molar-refractivity contribution in [1.82, 2.24) is 9.88 Å². The van der Waals surface area contributed by atoms with Crippen molar-refractivity contribution in [3.63, 3.8) is 0 Å². The second kappa shape index (κ2) is 7.03. The summed E-state index contributed by atoms with van der Waals surface area (Å²) in [6.07, 6.45) is -1.63. The zero-order valence-corrected chi connectivity index (χ0v) is 14.5. The van der Waals surface area contributed by atoms with Crippen molar-refractivity contribution >= 4 is 23.1 Å². The second-order valence-electron chi connectivity index (χ2n) is 6.04. The molecule has 3 rings (SSSR count). The van der Waals surface area contributed by atoms with Gasteiger partial charge in [-0.1, -0.05) is 0 Å². The van der Waals surface area contributed by atoms with E-state index in [9.17, 15) is 18.0 Å². The molecule has 0 bridgehead atoms. The van der Waals surface area contributed by atoms with E-state index in [2.05, 4.69) is 4.98 Å². The number of rotatable bonds is 3. The number of carbonyl (C=O) groups is 1. The Morgan fingerprint density at radius 1 is 1.40 bits per heavy atom. The Balaban J connectivity index is 1.79. The third-order valence-electron chi connectivity index (χ3n) is 4.43. The largest absolute Gasteiger partial charge is 0.419 e.